The third kappa shape index (κ3) is 3.61. The molecule has 0 radical (unpaired) electrons. The lowest BCUT2D eigenvalue weighted by molar-refractivity contribution is 0.628. The maximum atomic E-state index is 13.0. The van der Waals surface area contributed by atoms with Crippen LogP contribution < -0.4 is 0 Å². The maximum Gasteiger partial charge on any atom is 0.126 e. The SMILES string of the molecule is Cc1nc(C)c(C#N)c(SCc2csc(-c3ccc(F)cc3)n2)n1. The summed E-state index contributed by atoms with van der Waals surface area (Å²) in [6.07, 6.45) is 0. The van der Waals surface area contributed by atoms with Crippen molar-refractivity contribution < 1.29 is 4.39 Å². The predicted octanol–water partition coefficient (Wildman–Crippen LogP) is 4.52. The molecule has 0 fully saturated rings. The van der Waals surface area contributed by atoms with Crippen LogP contribution in [0.15, 0.2) is 34.7 Å². The number of nitrogens with zero attached hydrogens (tertiary/aromatic N) is 4. The van der Waals surface area contributed by atoms with Gasteiger partial charge in [-0.25, -0.2) is 19.3 Å². The van der Waals surface area contributed by atoms with E-state index in [4.69, 9.17) is 0 Å². The van der Waals surface area contributed by atoms with Crippen LogP contribution >= 0.6 is 23.1 Å². The Balaban J connectivity index is 1.77. The third-order valence-electron chi connectivity index (χ3n) is 3.28. The average Bonchev–Trinajstić information content (AvgIpc) is 3.02. The van der Waals surface area contributed by atoms with Crippen molar-refractivity contribution in [3.05, 3.63) is 58.2 Å². The Kier molecular flexibility index (Phi) is 4.88. The van der Waals surface area contributed by atoms with Crippen LogP contribution in [0.5, 0.6) is 0 Å². The molecule has 4 nitrogen and oxygen atoms in total. The monoisotopic (exact) mass is 356 g/mol. The van der Waals surface area contributed by atoms with E-state index in [0.29, 0.717) is 27.9 Å². The first kappa shape index (κ1) is 16.6. The van der Waals surface area contributed by atoms with Gasteiger partial charge in [-0.15, -0.1) is 11.3 Å². The van der Waals surface area contributed by atoms with Crippen molar-refractivity contribution in [3.63, 3.8) is 0 Å². The molecule has 2 aromatic heterocycles. The number of rotatable bonds is 4. The van der Waals surface area contributed by atoms with Crippen molar-refractivity contribution in [2.24, 2.45) is 0 Å². The number of thiazole rings is 1. The highest BCUT2D eigenvalue weighted by atomic mass is 32.2. The molecule has 3 rings (SSSR count). The van der Waals surface area contributed by atoms with E-state index in [-0.39, 0.29) is 5.82 Å². The number of thioether (sulfide) groups is 1. The summed E-state index contributed by atoms with van der Waals surface area (Å²) in [7, 11) is 0. The lowest BCUT2D eigenvalue weighted by Crippen LogP contribution is -1.99. The first-order valence-electron chi connectivity index (χ1n) is 7.15. The quantitative estimate of drug-likeness (QED) is 0.508. The van der Waals surface area contributed by atoms with Crippen molar-refractivity contribution in [1.29, 1.82) is 5.26 Å². The molecule has 2 heterocycles. The van der Waals surface area contributed by atoms with Gasteiger partial charge < -0.3 is 0 Å². The minimum atomic E-state index is -0.260. The number of hydrogen-bond donors (Lipinski definition) is 0. The minimum absolute atomic E-state index is 0.260. The number of halogens is 1. The van der Waals surface area contributed by atoms with Crippen LogP contribution in [0, 0.1) is 31.0 Å². The van der Waals surface area contributed by atoms with Crippen molar-refractivity contribution >= 4 is 23.1 Å². The van der Waals surface area contributed by atoms with E-state index < -0.39 is 0 Å². The summed E-state index contributed by atoms with van der Waals surface area (Å²) in [4.78, 5) is 13.2. The summed E-state index contributed by atoms with van der Waals surface area (Å²) in [6, 6.07) is 8.46. The van der Waals surface area contributed by atoms with E-state index in [9.17, 15) is 9.65 Å². The second kappa shape index (κ2) is 7.07. The Hall–Kier alpha value is -2.30. The molecule has 24 heavy (non-hydrogen) atoms. The summed E-state index contributed by atoms with van der Waals surface area (Å²) in [5, 5.41) is 12.8. The molecule has 0 bridgehead atoms. The molecule has 0 aliphatic rings. The number of nitriles is 1. The molecule has 0 saturated carbocycles. The fourth-order valence-electron chi connectivity index (χ4n) is 2.16. The normalized spacial score (nSPS) is 10.6. The maximum absolute atomic E-state index is 13.0. The van der Waals surface area contributed by atoms with Gasteiger partial charge in [0.25, 0.3) is 0 Å². The van der Waals surface area contributed by atoms with E-state index in [1.165, 1.54) is 35.2 Å². The largest absolute Gasteiger partial charge is 0.240 e. The molecular formula is C17H13FN4S2. The molecule has 3 aromatic rings. The van der Waals surface area contributed by atoms with Gasteiger partial charge >= 0.3 is 0 Å². The number of aryl methyl sites for hydroxylation is 2. The molecule has 0 spiro atoms. The highest BCUT2D eigenvalue weighted by Crippen LogP contribution is 2.29. The predicted molar refractivity (Wildman–Crippen MR) is 93.3 cm³/mol. The van der Waals surface area contributed by atoms with Gasteiger partial charge in [-0.05, 0) is 38.1 Å². The van der Waals surface area contributed by atoms with Gasteiger partial charge in [-0.1, -0.05) is 11.8 Å². The zero-order chi connectivity index (χ0) is 17.1. The Morgan fingerprint density at radius 3 is 2.62 bits per heavy atom. The topological polar surface area (TPSA) is 62.5 Å². The van der Waals surface area contributed by atoms with Crippen molar-refractivity contribution in [3.8, 4) is 16.6 Å². The van der Waals surface area contributed by atoms with Crippen LogP contribution in [0.3, 0.4) is 0 Å². The van der Waals surface area contributed by atoms with Crippen molar-refractivity contribution in [2.75, 3.05) is 0 Å². The zero-order valence-electron chi connectivity index (χ0n) is 13.1. The van der Waals surface area contributed by atoms with E-state index >= 15 is 0 Å². The Morgan fingerprint density at radius 1 is 1.17 bits per heavy atom. The summed E-state index contributed by atoms with van der Waals surface area (Å²) in [6.45, 7) is 3.63. The van der Waals surface area contributed by atoms with E-state index in [1.807, 2.05) is 19.2 Å². The molecule has 0 N–H and O–H groups in total. The molecule has 1 aromatic carbocycles. The molecule has 7 heteroatoms. The lowest BCUT2D eigenvalue weighted by Gasteiger charge is -2.05. The summed E-state index contributed by atoms with van der Waals surface area (Å²) >= 11 is 2.99. The molecule has 0 aliphatic heterocycles. The van der Waals surface area contributed by atoms with Crippen LogP contribution in [0.4, 0.5) is 4.39 Å². The first-order valence-corrected chi connectivity index (χ1v) is 9.02. The number of hydrogen-bond acceptors (Lipinski definition) is 6. The van der Waals surface area contributed by atoms with Gasteiger partial charge in [0.05, 0.1) is 11.4 Å². The fourth-order valence-corrected chi connectivity index (χ4v) is 4.05. The standard InChI is InChI=1S/C17H13FN4S2/c1-10-15(7-19)17(21-11(2)20-10)24-9-14-8-23-16(22-14)12-3-5-13(18)6-4-12/h3-6,8H,9H2,1-2H3. The average molecular weight is 356 g/mol. The smallest absolute Gasteiger partial charge is 0.126 e. The molecule has 0 saturated heterocycles. The first-order chi connectivity index (χ1) is 11.6. The lowest BCUT2D eigenvalue weighted by atomic mass is 10.2. The van der Waals surface area contributed by atoms with Crippen LogP contribution in [0.2, 0.25) is 0 Å². The summed E-state index contributed by atoms with van der Waals surface area (Å²) < 4.78 is 13.0. The summed E-state index contributed by atoms with van der Waals surface area (Å²) in [5.74, 6) is 1.01. The van der Waals surface area contributed by atoms with Gasteiger partial charge in [-0.3, -0.25) is 0 Å². The molecule has 0 atom stereocenters. The highest BCUT2D eigenvalue weighted by molar-refractivity contribution is 7.98. The third-order valence-corrected chi connectivity index (χ3v) is 5.23. The van der Waals surface area contributed by atoms with Crippen molar-refractivity contribution in [2.45, 2.75) is 24.6 Å². The minimum Gasteiger partial charge on any atom is -0.240 e. The summed E-state index contributed by atoms with van der Waals surface area (Å²) in [5.41, 5.74) is 3.00. The van der Waals surface area contributed by atoms with Crippen LogP contribution in [0.1, 0.15) is 22.8 Å². The van der Waals surface area contributed by atoms with Crippen LogP contribution in [-0.4, -0.2) is 15.0 Å². The van der Waals surface area contributed by atoms with Gasteiger partial charge in [0.15, 0.2) is 0 Å². The zero-order valence-corrected chi connectivity index (χ0v) is 14.7. The Morgan fingerprint density at radius 2 is 1.92 bits per heavy atom. The molecule has 0 amide bonds. The van der Waals surface area contributed by atoms with Crippen LogP contribution in [0.25, 0.3) is 10.6 Å². The van der Waals surface area contributed by atoms with Crippen LogP contribution in [-0.2, 0) is 5.75 Å². The number of benzene rings is 1. The van der Waals surface area contributed by atoms with Gasteiger partial charge in [0, 0.05) is 16.7 Å². The molecule has 0 aliphatic carbocycles. The molecular weight excluding hydrogens is 343 g/mol. The Labute approximate surface area is 147 Å². The fraction of sp³-hybridized carbons (Fsp3) is 0.176. The van der Waals surface area contributed by atoms with E-state index in [0.717, 1.165) is 16.3 Å². The Bertz CT molecular complexity index is 913. The molecule has 0 unspecified atom stereocenters. The van der Waals surface area contributed by atoms with Crippen molar-refractivity contribution in [1.82, 2.24) is 15.0 Å². The second-order valence-electron chi connectivity index (χ2n) is 5.09. The number of aromatic nitrogens is 3. The van der Waals surface area contributed by atoms with Gasteiger partial charge in [-0.2, -0.15) is 5.26 Å². The highest BCUT2D eigenvalue weighted by Gasteiger charge is 2.12. The van der Waals surface area contributed by atoms with E-state index in [1.54, 1.807) is 12.1 Å². The van der Waals surface area contributed by atoms with Gasteiger partial charge in [0.2, 0.25) is 0 Å². The van der Waals surface area contributed by atoms with Gasteiger partial charge in [0.1, 0.15) is 33.3 Å². The van der Waals surface area contributed by atoms with E-state index in [2.05, 4.69) is 21.0 Å². The molecule has 120 valence electrons. The second-order valence-corrected chi connectivity index (χ2v) is 6.91.